The highest BCUT2D eigenvalue weighted by atomic mass is 32.1. The van der Waals surface area contributed by atoms with Gasteiger partial charge in [0.25, 0.3) is 0 Å². The predicted octanol–water partition coefficient (Wildman–Crippen LogP) is 7.63. The molecule has 0 aliphatic rings. The minimum Gasteiger partial charge on any atom is -0.506 e. The van der Waals surface area contributed by atoms with Gasteiger partial charge in [-0.15, -0.1) is 34.0 Å². The van der Waals surface area contributed by atoms with Gasteiger partial charge in [0.2, 0.25) is 0 Å². The number of aromatic hydroxyl groups is 1. The van der Waals surface area contributed by atoms with Crippen molar-refractivity contribution in [2.45, 2.75) is 0 Å². The highest BCUT2D eigenvalue weighted by molar-refractivity contribution is 7.26. The van der Waals surface area contributed by atoms with Gasteiger partial charge in [-0.2, -0.15) is 0 Å². The third-order valence-electron chi connectivity index (χ3n) is 4.38. The van der Waals surface area contributed by atoms with Gasteiger partial charge in [-0.3, -0.25) is 0 Å². The molecule has 1 aromatic carbocycles. The zero-order valence-corrected chi connectivity index (χ0v) is 17.2. The van der Waals surface area contributed by atoms with Gasteiger partial charge in [-0.1, -0.05) is 24.3 Å². The molecule has 0 bridgehead atoms. The lowest BCUT2D eigenvalue weighted by Crippen LogP contribution is -1.83. The molecule has 0 spiro atoms. The third kappa shape index (κ3) is 3.40. The lowest BCUT2D eigenvalue weighted by molar-refractivity contribution is 0.480. The van der Waals surface area contributed by atoms with Crippen molar-refractivity contribution in [3.05, 3.63) is 82.7 Å². The Kier molecular flexibility index (Phi) is 4.56. The average molecular weight is 418 g/mol. The first-order valence-electron chi connectivity index (χ1n) is 8.77. The molecule has 0 fully saturated rings. The van der Waals surface area contributed by atoms with Crippen molar-refractivity contribution in [1.29, 1.82) is 0 Å². The van der Waals surface area contributed by atoms with Crippen molar-refractivity contribution in [2.75, 3.05) is 0 Å². The number of rotatable bonds is 4. The Morgan fingerprint density at radius 1 is 0.714 bits per heavy atom. The summed E-state index contributed by atoms with van der Waals surface area (Å²) in [5.74, 6) is 0.213. The van der Waals surface area contributed by atoms with Crippen molar-refractivity contribution >= 4 is 57.1 Å². The summed E-state index contributed by atoms with van der Waals surface area (Å²) in [4.78, 5) is 10.9. The summed E-state index contributed by atoms with van der Waals surface area (Å²) < 4.78 is 0. The van der Waals surface area contributed by atoms with Crippen molar-refractivity contribution in [3.63, 3.8) is 0 Å². The number of aromatic nitrogens is 1. The first-order chi connectivity index (χ1) is 13.8. The second-order valence-corrected chi connectivity index (χ2v) is 9.41. The van der Waals surface area contributed by atoms with E-state index in [9.17, 15) is 5.11 Å². The number of benzene rings is 1. The molecule has 136 valence electrons. The quantitative estimate of drug-likeness (QED) is 0.326. The maximum absolute atomic E-state index is 10.00. The van der Waals surface area contributed by atoms with Crippen LogP contribution >= 0.6 is 34.0 Å². The minimum atomic E-state index is 0.213. The normalized spacial score (nSPS) is 11.6. The second kappa shape index (κ2) is 7.36. The van der Waals surface area contributed by atoms with Crippen LogP contribution in [0.25, 0.3) is 42.6 Å². The molecule has 0 unspecified atom stereocenters. The summed E-state index contributed by atoms with van der Waals surface area (Å²) in [5.41, 5.74) is 1.47. The van der Waals surface area contributed by atoms with E-state index in [1.807, 2.05) is 41.7 Å². The lowest BCUT2D eigenvalue weighted by Gasteiger charge is -2.00. The van der Waals surface area contributed by atoms with Gasteiger partial charge in [0.1, 0.15) is 11.3 Å². The molecule has 5 heteroatoms. The molecule has 0 aliphatic carbocycles. The molecule has 0 radical (unpaired) electrons. The number of nitrogens with zero attached hydrogens (tertiary/aromatic N) is 1. The van der Waals surface area contributed by atoms with Gasteiger partial charge >= 0.3 is 0 Å². The number of hydrogen-bond acceptors (Lipinski definition) is 5. The summed E-state index contributed by atoms with van der Waals surface area (Å²) in [7, 11) is 0. The monoisotopic (exact) mass is 417 g/mol. The summed E-state index contributed by atoms with van der Waals surface area (Å²) >= 11 is 5.38. The Morgan fingerprint density at radius 3 is 2.39 bits per heavy atom. The van der Waals surface area contributed by atoms with Crippen molar-refractivity contribution in [3.8, 4) is 25.3 Å². The Balaban J connectivity index is 1.39. The Morgan fingerprint density at radius 2 is 1.54 bits per heavy atom. The second-order valence-electron chi connectivity index (χ2n) is 6.26. The topological polar surface area (TPSA) is 33.1 Å². The molecule has 0 aliphatic heterocycles. The van der Waals surface area contributed by atoms with Crippen LogP contribution in [0.2, 0.25) is 0 Å². The fourth-order valence-corrected chi connectivity index (χ4v) is 5.84. The molecule has 5 rings (SSSR count). The van der Waals surface area contributed by atoms with Crippen molar-refractivity contribution in [1.82, 2.24) is 4.98 Å². The Bertz CT molecular complexity index is 1280. The molecule has 0 amide bonds. The first kappa shape index (κ1) is 17.4. The molecule has 4 heterocycles. The van der Waals surface area contributed by atoms with E-state index < -0.39 is 0 Å². The molecule has 5 aromatic rings. The zero-order chi connectivity index (χ0) is 18.9. The number of pyridine rings is 1. The van der Waals surface area contributed by atoms with Crippen LogP contribution in [0.5, 0.6) is 5.75 Å². The number of hydrogen-bond donors (Lipinski definition) is 1. The molecule has 0 saturated carbocycles. The summed E-state index contributed by atoms with van der Waals surface area (Å²) in [6.07, 6.45) is 4.07. The van der Waals surface area contributed by atoms with Crippen LogP contribution in [0.4, 0.5) is 0 Å². The van der Waals surface area contributed by atoms with Crippen LogP contribution < -0.4 is 0 Å². The summed E-state index contributed by atoms with van der Waals surface area (Å²) in [6.45, 7) is 0. The van der Waals surface area contributed by atoms with Gasteiger partial charge in [0, 0.05) is 29.8 Å². The molecule has 4 aromatic heterocycles. The molecular weight excluding hydrogens is 402 g/mol. The summed E-state index contributed by atoms with van der Waals surface area (Å²) in [6, 6.07) is 22.4. The van der Waals surface area contributed by atoms with E-state index in [0.717, 1.165) is 11.1 Å². The number of para-hydroxylation sites is 1. The average Bonchev–Trinajstić information content (AvgIpc) is 3.47. The number of phenols is 1. The number of fused-ring (bicyclic) bond motifs is 1. The largest absolute Gasteiger partial charge is 0.506 e. The van der Waals surface area contributed by atoms with Crippen molar-refractivity contribution in [2.24, 2.45) is 0 Å². The van der Waals surface area contributed by atoms with Gasteiger partial charge in [0.15, 0.2) is 0 Å². The van der Waals surface area contributed by atoms with E-state index in [4.69, 9.17) is 0 Å². The summed E-state index contributed by atoms with van der Waals surface area (Å²) in [5, 5.41) is 13.1. The van der Waals surface area contributed by atoms with Crippen LogP contribution in [0.3, 0.4) is 0 Å². The predicted molar refractivity (Wildman–Crippen MR) is 123 cm³/mol. The fraction of sp³-hybridized carbons (Fsp3) is 0. The van der Waals surface area contributed by atoms with Gasteiger partial charge in [-0.25, -0.2) is 4.98 Å². The highest BCUT2D eigenvalue weighted by Crippen LogP contribution is 2.39. The third-order valence-corrected chi connectivity index (χ3v) is 7.78. The van der Waals surface area contributed by atoms with E-state index in [0.29, 0.717) is 5.52 Å². The van der Waals surface area contributed by atoms with Crippen LogP contribution in [-0.2, 0) is 0 Å². The van der Waals surface area contributed by atoms with Gasteiger partial charge in [0.05, 0.1) is 5.69 Å². The SMILES string of the molecule is Oc1cccc2ccc(/C=C/c3ccc(-c4ccc(-c5cccs5)s4)s3)nc12. The molecule has 1 N–H and O–H groups in total. The maximum Gasteiger partial charge on any atom is 0.141 e. The van der Waals surface area contributed by atoms with E-state index in [-0.39, 0.29) is 5.75 Å². The number of phenolic OH excluding ortho intramolecular Hbond substituents is 1. The molecule has 28 heavy (non-hydrogen) atoms. The molecule has 2 nitrogen and oxygen atoms in total. The van der Waals surface area contributed by atoms with Gasteiger partial charge in [-0.05, 0) is 60.0 Å². The van der Waals surface area contributed by atoms with Crippen LogP contribution in [-0.4, -0.2) is 10.1 Å². The molecular formula is C23H15NOS3. The van der Waals surface area contributed by atoms with E-state index in [1.165, 1.54) is 24.4 Å². The number of thiophene rings is 3. The zero-order valence-electron chi connectivity index (χ0n) is 14.7. The van der Waals surface area contributed by atoms with E-state index >= 15 is 0 Å². The standard InChI is InChI=1S/C23H15NOS3/c25-18-4-1-3-15-6-7-16(24-23(15)18)8-9-17-10-11-21(27-17)22-13-12-20(28-22)19-5-2-14-26-19/h1-14,25H/b9-8+. The van der Waals surface area contributed by atoms with E-state index in [1.54, 1.807) is 28.7 Å². The first-order valence-corrected chi connectivity index (χ1v) is 11.3. The maximum atomic E-state index is 10.00. The van der Waals surface area contributed by atoms with Crippen LogP contribution in [0, 0.1) is 0 Å². The smallest absolute Gasteiger partial charge is 0.141 e. The fourth-order valence-electron chi connectivity index (χ4n) is 3.00. The van der Waals surface area contributed by atoms with E-state index in [2.05, 4.69) is 52.8 Å². The van der Waals surface area contributed by atoms with Crippen LogP contribution in [0.15, 0.2) is 72.1 Å². The lowest BCUT2D eigenvalue weighted by atomic mass is 10.2. The van der Waals surface area contributed by atoms with Crippen LogP contribution in [0.1, 0.15) is 10.6 Å². The Hall–Kier alpha value is -2.73. The highest BCUT2D eigenvalue weighted by Gasteiger charge is 2.08. The minimum absolute atomic E-state index is 0.213. The molecule has 0 saturated heterocycles. The van der Waals surface area contributed by atoms with Gasteiger partial charge < -0.3 is 5.11 Å². The molecule has 0 atom stereocenters. The van der Waals surface area contributed by atoms with Crippen molar-refractivity contribution < 1.29 is 5.11 Å². The Labute approximate surface area is 174 Å².